The summed E-state index contributed by atoms with van der Waals surface area (Å²) in [7, 11) is 0. The summed E-state index contributed by atoms with van der Waals surface area (Å²) in [4.78, 5) is 32.4. The molecule has 17 heavy (non-hydrogen) atoms. The third-order valence-electron chi connectivity index (χ3n) is 2.52. The molecule has 2 amide bonds. The standard InChI is InChI=1S/C10H13N5O2/c1-5-9(11)12-6(2)13-10(5)15-3-7(16)14-8(17)4-15/h3-4H2,1-2H3,(H2,11,12,13)(H,14,16,17). The monoisotopic (exact) mass is 235 g/mol. The quantitative estimate of drug-likeness (QED) is 0.614. The van der Waals surface area contributed by atoms with Crippen molar-refractivity contribution in [3.05, 3.63) is 11.4 Å². The average molecular weight is 235 g/mol. The Bertz CT molecular complexity index is 484. The molecule has 1 saturated heterocycles. The minimum atomic E-state index is -0.338. The molecule has 0 unspecified atom stereocenters. The average Bonchev–Trinajstić information content (AvgIpc) is 2.22. The van der Waals surface area contributed by atoms with Crippen LogP contribution in [0.4, 0.5) is 11.6 Å². The lowest BCUT2D eigenvalue weighted by Gasteiger charge is -2.27. The van der Waals surface area contributed by atoms with Gasteiger partial charge in [-0.2, -0.15) is 0 Å². The molecule has 1 aliphatic rings. The number of carbonyl (C=O) groups is 2. The highest BCUT2D eigenvalue weighted by Crippen LogP contribution is 2.21. The van der Waals surface area contributed by atoms with E-state index in [1.54, 1.807) is 18.7 Å². The summed E-state index contributed by atoms with van der Waals surface area (Å²) in [6.07, 6.45) is 0. The molecule has 90 valence electrons. The number of nitrogens with zero attached hydrogens (tertiary/aromatic N) is 3. The van der Waals surface area contributed by atoms with Gasteiger partial charge in [-0.1, -0.05) is 0 Å². The maximum atomic E-state index is 11.3. The molecular weight excluding hydrogens is 222 g/mol. The smallest absolute Gasteiger partial charge is 0.246 e. The van der Waals surface area contributed by atoms with Gasteiger partial charge in [0.25, 0.3) is 0 Å². The van der Waals surface area contributed by atoms with Crippen LogP contribution in [0.3, 0.4) is 0 Å². The molecule has 1 fully saturated rings. The van der Waals surface area contributed by atoms with Gasteiger partial charge < -0.3 is 10.6 Å². The predicted molar refractivity (Wildman–Crippen MR) is 61.3 cm³/mol. The zero-order valence-electron chi connectivity index (χ0n) is 9.65. The normalized spacial score (nSPS) is 16.0. The summed E-state index contributed by atoms with van der Waals surface area (Å²) < 4.78 is 0. The molecule has 3 N–H and O–H groups in total. The number of nitrogens with two attached hydrogens (primary N) is 1. The lowest BCUT2D eigenvalue weighted by Crippen LogP contribution is -2.52. The Kier molecular flexibility index (Phi) is 2.66. The van der Waals surface area contributed by atoms with Crippen molar-refractivity contribution in [3.8, 4) is 0 Å². The first-order valence-corrected chi connectivity index (χ1v) is 5.15. The van der Waals surface area contributed by atoms with Crippen molar-refractivity contribution in [2.45, 2.75) is 13.8 Å². The van der Waals surface area contributed by atoms with Gasteiger partial charge >= 0.3 is 0 Å². The highest BCUT2D eigenvalue weighted by molar-refractivity contribution is 6.02. The number of amides is 2. The summed E-state index contributed by atoms with van der Waals surface area (Å²) >= 11 is 0. The van der Waals surface area contributed by atoms with Crippen LogP contribution in [0.15, 0.2) is 0 Å². The van der Waals surface area contributed by atoms with Gasteiger partial charge in [-0.3, -0.25) is 14.9 Å². The van der Waals surface area contributed by atoms with E-state index in [1.807, 2.05) is 0 Å². The van der Waals surface area contributed by atoms with Gasteiger partial charge in [-0.15, -0.1) is 0 Å². The summed E-state index contributed by atoms with van der Waals surface area (Å²) in [5.41, 5.74) is 6.41. The number of carbonyl (C=O) groups excluding carboxylic acids is 2. The van der Waals surface area contributed by atoms with Crippen LogP contribution < -0.4 is 16.0 Å². The van der Waals surface area contributed by atoms with Gasteiger partial charge in [0.05, 0.1) is 13.1 Å². The third kappa shape index (κ3) is 2.17. The van der Waals surface area contributed by atoms with E-state index in [0.717, 1.165) is 0 Å². The van der Waals surface area contributed by atoms with Crippen molar-refractivity contribution >= 4 is 23.5 Å². The van der Waals surface area contributed by atoms with Crippen LogP contribution in [0.2, 0.25) is 0 Å². The van der Waals surface area contributed by atoms with Gasteiger partial charge in [-0.25, -0.2) is 9.97 Å². The van der Waals surface area contributed by atoms with Crippen molar-refractivity contribution in [2.24, 2.45) is 0 Å². The molecule has 1 aromatic heterocycles. The van der Waals surface area contributed by atoms with Crippen molar-refractivity contribution in [3.63, 3.8) is 0 Å². The predicted octanol–water partition coefficient (Wildman–Crippen LogP) is -0.862. The van der Waals surface area contributed by atoms with Crippen LogP contribution in [0.5, 0.6) is 0 Å². The number of nitrogen functional groups attached to an aromatic ring is 1. The van der Waals surface area contributed by atoms with Gasteiger partial charge in [-0.05, 0) is 13.8 Å². The number of anilines is 2. The van der Waals surface area contributed by atoms with E-state index < -0.39 is 0 Å². The van der Waals surface area contributed by atoms with Crippen molar-refractivity contribution in [1.82, 2.24) is 15.3 Å². The lowest BCUT2D eigenvalue weighted by atomic mass is 10.2. The number of rotatable bonds is 1. The van der Waals surface area contributed by atoms with Crippen LogP contribution in [0.25, 0.3) is 0 Å². The molecule has 0 aliphatic carbocycles. The maximum Gasteiger partial charge on any atom is 0.246 e. The zero-order valence-corrected chi connectivity index (χ0v) is 9.65. The molecule has 2 rings (SSSR count). The number of hydrogen-bond donors (Lipinski definition) is 2. The van der Waals surface area contributed by atoms with Crippen LogP contribution >= 0.6 is 0 Å². The maximum absolute atomic E-state index is 11.3. The van der Waals surface area contributed by atoms with Crippen molar-refractivity contribution in [2.75, 3.05) is 23.7 Å². The topological polar surface area (TPSA) is 101 Å². The van der Waals surface area contributed by atoms with Gasteiger partial charge in [0.15, 0.2) is 0 Å². The van der Waals surface area contributed by atoms with Crippen LogP contribution in [0, 0.1) is 13.8 Å². The Morgan fingerprint density at radius 1 is 1.18 bits per heavy atom. The minimum Gasteiger partial charge on any atom is -0.383 e. The summed E-state index contributed by atoms with van der Waals surface area (Å²) in [5.74, 6) is 0.747. The molecule has 0 saturated carbocycles. The van der Waals surface area contributed by atoms with E-state index in [9.17, 15) is 9.59 Å². The van der Waals surface area contributed by atoms with Gasteiger partial charge in [0, 0.05) is 5.56 Å². The number of aryl methyl sites for hydroxylation is 1. The number of hydrogen-bond acceptors (Lipinski definition) is 6. The highest BCUT2D eigenvalue weighted by atomic mass is 16.2. The molecule has 1 aromatic rings. The second kappa shape index (κ2) is 4.00. The fourth-order valence-electron chi connectivity index (χ4n) is 1.73. The second-order valence-corrected chi connectivity index (χ2v) is 3.93. The van der Waals surface area contributed by atoms with Gasteiger partial charge in [0.2, 0.25) is 11.8 Å². The molecule has 0 spiro atoms. The van der Waals surface area contributed by atoms with Crippen molar-refractivity contribution < 1.29 is 9.59 Å². The summed E-state index contributed by atoms with van der Waals surface area (Å²) in [6, 6.07) is 0. The molecule has 2 heterocycles. The fraction of sp³-hybridized carbons (Fsp3) is 0.400. The number of imide groups is 1. The van der Waals surface area contributed by atoms with E-state index >= 15 is 0 Å². The second-order valence-electron chi connectivity index (χ2n) is 3.93. The molecular formula is C10H13N5O2. The molecule has 0 radical (unpaired) electrons. The Morgan fingerprint density at radius 3 is 2.35 bits per heavy atom. The number of piperazine rings is 1. The number of nitrogens with one attached hydrogen (secondary N) is 1. The lowest BCUT2D eigenvalue weighted by molar-refractivity contribution is -0.130. The first kappa shape index (κ1) is 11.3. The van der Waals surface area contributed by atoms with Crippen LogP contribution in [0.1, 0.15) is 11.4 Å². The number of aromatic nitrogens is 2. The summed E-state index contributed by atoms with van der Waals surface area (Å²) in [5, 5.41) is 2.23. The summed E-state index contributed by atoms with van der Waals surface area (Å²) in [6.45, 7) is 3.68. The van der Waals surface area contributed by atoms with Crippen LogP contribution in [-0.4, -0.2) is 34.9 Å². The van der Waals surface area contributed by atoms with E-state index in [4.69, 9.17) is 5.73 Å². The van der Waals surface area contributed by atoms with Gasteiger partial charge in [0.1, 0.15) is 17.5 Å². The first-order valence-electron chi connectivity index (χ1n) is 5.15. The largest absolute Gasteiger partial charge is 0.383 e. The molecule has 7 heteroatoms. The van der Waals surface area contributed by atoms with Crippen molar-refractivity contribution in [1.29, 1.82) is 0 Å². The van der Waals surface area contributed by atoms with Crippen LogP contribution in [-0.2, 0) is 9.59 Å². The van der Waals surface area contributed by atoms with E-state index in [-0.39, 0.29) is 24.9 Å². The van der Waals surface area contributed by atoms with E-state index in [0.29, 0.717) is 23.0 Å². The Morgan fingerprint density at radius 2 is 1.76 bits per heavy atom. The highest BCUT2D eigenvalue weighted by Gasteiger charge is 2.25. The molecule has 7 nitrogen and oxygen atoms in total. The van der Waals surface area contributed by atoms with E-state index in [2.05, 4.69) is 15.3 Å². The minimum absolute atomic E-state index is 0.0997. The fourth-order valence-corrected chi connectivity index (χ4v) is 1.73. The van der Waals surface area contributed by atoms with E-state index in [1.165, 1.54) is 0 Å². The molecule has 0 bridgehead atoms. The Hall–Kier alpha value is -2.18. The Balaban J connectivity index is 2.39. The molecule has 1 aliphatic heterocycles. The molecule has 0 aromatic carbocycles. The third-order valence-corrected chi connectivity index (χ3v) is 2.52. The molecule has 0 atom stereocenters. The zero-order chi connectivity index (χ0) is 12.6. The Labute approximate surface area is 98.0 Å². The first-order chi connectivity index (χ1) is 7.97. The SMILES string of the molecule is Cc1nc(N)c(C)c(N2CC(=O)NC(=O)C2)n1.